The molecule has 2 aromatic carbocycles. The van der Waals surface area contributed by atoms with Crippen LogP contribution in [0.25, 0.3) is 16.8 Å². The van der Waals surface area contributed by atoms with E-state index in [0.29, 0.717) is 5.52 Å². The van der Waals surface area contributed by atoms with E-state index in [-0.39, 0.29) is 35.9 Å². The SMILES string of the molecule is CC(=O)Oc1ccccc1C(=O)NCCn1ccn2nc(-c3ccc(C)c(C)c3)cc2c1=O. The number of carbonyl (C=O) groups is 2. The van der Waals surface area contributed by atoms with Crippen molar-refractivity contribution in [3.63, 3.8) is 0 Å². The van der Waals surface area contributed by atoms with E-state index >= 15 is 0 Å². The number of benzene rings is 2. The Morgan fingerprint density at radius 1 is 1.03 bits per heavy atom. The second-order valence-corrected chi connectivity index (χ2v) is 7.80. The lowest BCUT2D eigenvalue weighted by molar-refractivity contribution is -0.131. The number of fused-ring (bicyclic) bond motifs is 1. The van der Waals surface area contributed by atoms with Crippen LogP contribution in [0.1, 0.15) is 28.4 Å². The van der Waals surface area contributed by atoms with Gasteiger partial charge in [0, 0.05) is 38.0 Å². The van der Waals surface area contributed by atoms with Gasteiger partial charge in [-0.15, -0.1) is 0 Å². The van der Waals surface area contributed by atoms with Crippen molar-refractivity contribution in [1.82, 2.24) is 19.5 Å². The standard InChI is InChI=1S/C25H24N4O4/c1-16-8-9-19(14-17(16)2)21-15-22-25(32)28(12-13-29(22)27-21)11-10-26-24(31)20-6-4-5-7-23(20)33-18(3)30/h4-9,12-15H,10-11H2,1-3H3,(H,26,31). The Balaban J connectivity index is 1.49. The molecule has 2 aromatic heterocycles. The fraction of sp³-hybridized carbons (Fsp3) is 0.200. The number of aryl methyl sites for hydroxylation is 2. The topological polar surface area (TPSA) is 94.7 Å². The molecule has 0 aliphatic carbocycles. The summed E-state index contributed by atoms with van der Waals surface area (Å²) in [5.74, 6) is -0.697. The summed E-state index contributed by atoms with van der Waals surface area (Å²) in [6, 6.07) is 14.4. The van der Waals surface area contributed by atoms with Gasteiger partial charge >= 0.3 is 5.97 Å². The molecular formula is C25H24N4O4. The summed E-state index contributed by atoms with van der Waals surface area (Å²) in [5, 5.41) is 7.30. The minimum Gasteiger partial charge on any atom is -0.426 e. The Labute approximate surface area is 190 Å². The van der Waals surface area contributed by atoms with Gasteiger partial charge in [0.05, 0.1) is 11.3 Å². The highest BCUT2D eigenvalue weighted by atomic mass is 16.5. The van der Waals surface area contributed by atoms with Crippen LogP contribution < -0.4 is 15.6 Å². The molecule has 2 heterocycles. The highest BCUT2D eigenvalue weighted by Crippen LogP contribution is 2.21. The Hall–Kier alpha value is -4.20. The lowest BCUT2D eigenvalue weighted by Gasteiger charge is -2.10. The fourth-order valence-corrected chi connectivity index (χ4v) is 3.53. The molecule has 8 heteroatoms. The van der Waals surface area contributed by atoms with E-state index in [9.17, 15) is 14.4 Å². The predicted molar refractivity (Wildman–Crippen MR) is 124 cm³/mol. The summed E-state index contributed by atoms with van der Waals surface area (Å²) in [5.41, 5.74) is 4.54. The van der Waals surface area contributed by atoms with Crippen molar-refractivity contribution in [2.45, 2.75) is 27.3 Å². The van der Waals surface area contributed by atoms with Crippen LogP contribution in [0.2, 0.25) is 0 Å². The molecule has 0 spiro atoms. The summed E-state index contributed by atoms with van der Waals surface area (Å²) in [6.45, 7) is 5.87. The quantitative estimate of drug-likeness (QED) is 0.364. The van der Waals surface area contributed by atoms with E-state index in [2.05, 4.69) is 23.4 Å². The van der Waals surface area contributed by atoms with Crippen LogP contribution in [0.5, 0.6) is 5.75 Å². The van der Waals surface area contributed by atoms with Crippen LogP contribution in [0, 0.1) is 13.8 Å². The first kappa shape index (κ1) is 22.0. The zero-order valence-corrected chi connectivity index (χ0v) is 18.7. The maximum atomic E-state index is 12.9. The number of hydrogen-bond acceptors (Lipinski definition) is 5. The van der Waals surface area contributed by atoms with E-state index in [1.165, 1.54) is 17.1 Å². The number of rotatable bonds is 6. The molecule has 0 saturated carbocycles. The van der Waals surface area contributed by atoms with Gasteiger partial charge in [0.2, 0.25) is 0 Å². The van der Waals surface area contributed by atoms with E-state index in [1.54, 1.807) is 47.2 Å². The summed E-state index contributed by atoms with van der Waals surface area (Å²) < 4.78 is 8.18. The molecule has 0 aliphatic rings. The number of para-hydroxylation sites is 1. The Kier molecular flexibility index (Phi) is 6.08. The van der Waals surface area contributed by atoms with Crippen LogP contribution in [-0.4, -0.2) is 32.6 Å². The Morgan fingerprint density at radius 3 is 2.58 bits per heavy atom. The second kappa shape index (κ2) is 9.12. The fourth-order valence-electron chi connectivity index (χ4n) is 3.53. The third kappa shape index (κ3) is 4.69. The molecule has 4 aromatic rings. The number of nitrogens with one attached hydrogen (secondary N) is 1. The zero-order chi connectivity index (χ0) is 23.5. The lowest BCUT2D eigenvalue weighted by Crippen LogP contribution is -2.31. The first-order valence-electron chi connectivity index (χ1n) is 10.6. The van der Waals surface area contributed by atoms with Gasteiger partial charge < -0.3 is 14.6 Å². The smallest absolute Gasteiger partial charge is 0.308 e. The molecule has 0 atom stereocenters. The lowest BCUT2D eigenvalue weighted by atomic mass is 10.0. The van der Waals surface area contributed by atoms with E-state index in [0.717, 1.165) is 16.8 Å². The molecule has 4 rings (SSSR count). The first-order chi connectivity index (χ1) is 15.8. The van der Waals surface area contributed by atoms with Crippen molar-refractivity contribution in [2.75, 3.05) is 6.54 Å². The van der Waals surface area contributed by atoms with Crippen molar-refractivity contribution in [3.05, 3.63) is 88.0 Å². The molecular weight excluding hydrogens is 420 g/mol. The number of nitrogens with zero attached hydrogens (tertiary/aromatic N) is 3. The van der Waals surface area contributed by atoms with Gasteiger partial charge in [0.1, 0.15) is 11.3 Å². The molecule has 8 nitrogen and oxygen atoms in total. The highest BCUT2D eigenvalue weighted by Gasteiger charge is 2.14. The van der Waals surface area contributed by atoms with Gasteiger partial charge in [-0.3, -0.25) is 14.4 Å². The van der Waals surface area contributed by atoms with Crippen LogP contribution in [0.4, 0.5) is 0 Å². The van der Waals surface area contributed by atoms with Gasteiger partial charge in [0.15, 0.2) is 0 Å². The van der Waals surface area contributed by atoms with E-state index in [1.807, 2.05) is 19.1 Å². The molecule has 0 saturated heterocycles. The third-order valence-electron chi connectivity index (χ3n) is 5.43. The number of aromatic nitrogens is 3. The number of hydrogen-bond donors (Lipinski definition) is 1. The van der Waals surface area contributed by atoms with Crippen molar-refractivity contribution in [1.29, 1.82) is 0 Å². The maximum absolute atomic E-state index is 12.9. The van der Waals surface area contributed by atoms with Crippen LogP contribution in [0.3, 0.4) is 0 Å². The normalized spacial score (nSPS) is 10.9. The maximum Gasteiger partial charge on any atom is 0.308 e. The molecule has 0 unspecified atom stereocenters. The summed E-state index contributed by atoms with van der Waals surface area (Å²) in [4.78, 5) is 36.7. The molecule has 0 radical (unpaired) electrons. The first-order valence-corrected chi connectivity index (χ1v) is 10.6. The molecule has 1 amide bonds. The average Bonchev–Trinajstić information content (AvgIpc) is 3.22. The molecule has 0 bridgehead atoms. The van der Waals surface area contributed by atoms with Crippen molar-refractivity contribution < 1.29 is 14.3 Å². The van der Waals surface area contributed by atoms with Crippen LogP contribution in [0.15, 0.2) is 65.7 Å². The predicted octanol–water partition coefficient (Wildman–Crippen LogP) is 3.14. The number of carbonyl (C=O) groups excluding carboxylic acids is 2. The van der Waals surface area contributed by atoms with Crippen molar-refractivity contribution in [3.8, 4) is 17.0 Å². The van der Waals surface area contributed by atoms with Crippen molar-refractivity contribution in [2.24, 2.45) is 0 Å². The van der Waals surface area contributed by atoms with Gasteiger partial charge in [-0.2, -0.15) is 5.10 Å². The zero-order valence-electron chi connectivity index (χ0n) is 18.7. The highest BCUT2D eigenvalue weighted by molar-refractivity contribution is 5.97. The number of amides is 1. The van der Waals surface area contributed by atoms with Gasteiger partial charge in [0.25, 0.3) is 11.5 Å². The molecule has 0 aliphatic heterocycles. The summed E-state index contributed by atoms with van der Waals surface area (Å²) in [6.07, 6.45) is 3.37. The number of ether oxygens (including phenoxy) is 1. The molecule has 33 heavy (non-hydrogen) atoms. The molecule has 1 N–H and O–H groups in total. The minimum absolute atomic E-state index is 0.194. The second-order valence-electron chi connectivity index (χ2n) is 7.80. The Morgan fingerprint density at radius 2 is 1.82 bits per heavy atom. The third-order valence-corrected chi connectivity index (χ3v) is 5.43. The average molecular weight is 444 g/mol. The van der Waals surface area contributed by atoms with Crippen molar-refractivity contribution >= 4 is 17.4 Å². The molecule has 0 fully saturated rings. The van der Waals surface area contributed by atoms with Crippen LogP contribution in [-0.2, 0) is 11.3 Å². The number of esters is 1. The van der Waals surface area contributed by atoms with E-state index in [4.69, 9.17) is 4.74 Å². The largest absolute Gasteiger partial charge is 0.426 e. The Bertz CT molecular complexity index is 1420. The molecule has 168 valence electrons. The van der Waals surface area contributed by atoms with Gasteiger partial charge in [-0.05, 0) is 49.2 Å². The van der Waals surface area contributed by atoms with Gasteiger partial charge in [-0.25, -0.2) is 4.52 Å². The minimum atomic E-state index is -0.504. The van der Waals surface area contributed by atoms with E-state index < -0.39 is 5.97 Å². The monoisotopic (exact) mass is 444 g/mol. The van der Waals surface area contributed by atoms with Gasteiger partial charge in [-0.1, -0.05) is 24.3 Å². The summed E-state index contributed by atoms with van der Waals surface area (Å²) in [7, 11) is 0. The van der Waals surface area contributed by atoms with Crippen LogP contribution >= 0.6 is 0 Å². The summed E-state index contributed by atoms with van der Waals surface area (Å²) >= 11 is 0.